The van der Waals surface area contributed by atoms with Crippen molar-refractivity contribution in [2.24, 2.45) is 0 Å². The second-order valence-electron chi connectivity index (χ2n) is 20.6. The fourth-order valence-corrected chi connectivity index (χ4v) is 8.41. The molecule has 426 valence electrons. The van der Waals surface area contributed by atoms with Gasteiger partial charge in [0.15, 0.2) is 0 Å². The van der Waals surface area contributed by atoms with Crippen molar-refractivity contribution in [1.29, 1.82) is 0 Å². The number of carbonyl (C=O) groups excluding carboxylic acids is 1. The molecule has 0 aliphatic rings. The topological polar surface area (TPSA) is 105 Å². The maximum atomic E-state index is 13.0. The van der Waals surface area contributed by atoms with Gasteiger partial charge in [-0.2, -0.15) is 0 Å². The predicted octanol–water partition coefficient (Wildman–Crippen LogP) is 18.5. The van der Waals surface area contributed by atoms with Crippen molar-refractivity contribution in [3.8, 4) is 0 Å². The van der Waals surface area contributed by atoms with E-state index in [2.05, 4.69) is 153 Å². The van der Waals surface area contributed by atoms with E-state index in [4.69, 9.17) is 9.05 Å². The Kier molecular flexibility index (Phi) is 52.5. The van der Waals surface area contributed by atoms with E-state index in [1.165, 1.54) is 77.0 Å². The summed E-state index contributed by atoms with van der Waals surface area (Å²) >= 11 is 0. The van der Waals surface area contributed by atoms with Crippen LogP contribution in [0.1, 0.15) is 213 Å². The number of carbonyl (C=O) groups is 1. The van der Waals surface area contributed by atoms with Crippen LogP contribution in [0.3, 0.4) is 0 Å². The highest BCUT2D eigenvalue weighted by atomic mass is 31.2. The average molecular weight is 1060 g/mol. The second-order valence-corrected chi connectivity index (χ2v) is 22.1. The third-order valence-corrected chi connectivity index (χ3v) is 13.3. The molecule has 0 saturated carbocycles. The van der Waals surface area contributed by atoms with E-state index in [-0.39, 0.29) is 19.1 Å². The monoisotopic (exact) mass is 1060 g/mol. The van der Waals surface area contributed by atoms with E-state index >= 15 is 0 Å². The maximum absolute atomic E-state index is 13.0. The Morgan fingerprint density at radius 2 is 0.813 bits per heavy atom. The van der Waals surface area contributed by atoms with Gasteiger partial charge in [-0.15, -0.1) is 0 Å². The lowest BCUT2D eigenvalue weighted by atomic mass is 10.1. The lowest BCUT2D eigenvalue weighted by Gasteiger charge is -2.25. The van der Waals surface area contributed by atoms with Crippen LogP contribution in [0.2, 0.25) is 0 Å². The number of rotatable bonds is 52. The molecule has 0 bridgehead atoms. The Morgan fingerprint density at radius 1 is 0.467 bits per heavy atom. The number of nitrogens with one attached hydrogen (secondary N) is 1. The number of aliphatic hydroxyl groups excluding tert-OH is 1. The minimum Gasteiger partial charge on any atom is -0.387 e. The van der Waals surface area contributed by atoms with Gasteiger partial charge in [-0.05, 0) is 109 Å². The van der Waals surface area contributed by atoms with Gasteiger partial charge in [0, 0.05) is 6.42 Å². The molecule has 0 aliphatic heterocycles. The van der Waals surface area contributed by atoms with Crippen LogP contribution in [0.15, 0.2) is 146 Å². The Labute approximate surface area is 461 Å². The standard InChI is InChI=1S/C66H111N2O6P/c1-6-8-10-12-14-16-18-20-22-23-24-25-26-27-28-29-30-31-32-33-34-35-36-37-38-39-40-41-42-43-44-45-46-48-50-52-54-56-58-60-66(70)67-64(63-74-75(71,72)73-62-61-68(3,4)5)65(69)59-57-55-53-51-49-47-21-19-17-15-13-11-9-7-2/h8,10,14,16,20,22,24-25,27-28,30-31,33-34,36-37,39-40,42-43,49,51,57,59,64-65,69H,6-7,9,11-13,15,17-19,21,23,26,29,32,35,38,41,44-48,50,52-56,58,60-63H2,1-5H3,(H-,67,70,71,72)/p+1/b10-8-,16-14-,22-20-,25-24-,28-27-,31-30-,34-33-,37-36-,40-39-,43-42-,51-49+,59-57+. The number of nitrogens with zero attached hydrogens (tertiary/aromatic N) is 1. The molecule has 0 aromatic carbocycles. The molecule has 9 heteroatoms. The fourth-order valence-electron chi connectivity index (χ4n) is 7.67. The molecule has 0 aromatic rings. The minimum atomic E-state index is -4.36. The molecular formula is C66H112N2O6P+. The van der Waals surface area contributed by atoms with E-state index in [0.29, 0.717) is 17.4 Å². The minimum absolute atomic E-state index is 0.0471. The zero-order chi connectivity index (χ0) is 54.9. The van der Waals surface area contributed by atoms with Gasteiger partial charge in [0.1, 0.15) is 13.2 Å². The van der Waals surface area contributed by atoms with Crippen LogP contribution in [-0.4, -0.2) is 73.4 Å². The predicted molar refractivity (Wildman–Crippen MR) is 327 cm³/mol. The second kappa shape index (κ2) is 55.1. The van der Waals surface area contributed by atoms with Gasteiger partial charge >= 0.3 is 7.82 Å². The molecule has 3 unspecified atom stereocenters. The van der Waals surface area contributed by atoms with Crippen molar-refractivity contribution >= 4 is 13.7 Å². The van der Waals surface area contributed by atoms with Crippen LogP contribution in [0.4, 0.5) is 0 Å². The van der Waals surface area contributed by atoms with Crippen LogP contribution >= 0.6 is 7.82 Å². The maximum Gasteiger partial charge on any atom is 0.472 e. The van der Waals surface area contributed by atoms with Crippen molar-refractivity contribution in [3.63, 3.8) is 0 Å². The molecule has 0 aliphatic carbocycles. The number of phosphoric ester groups is 1. The van der Waals surface area contributed by atoms with Gasteiger partial charge in [0.2, 0.25) is 5.91 Å². The third kappa shape index (κ3) is 57.9. The normalized spacial score (nSPS) is 14.9. The first-order chi connectivity index (χ1) is 36.5. The number of unbranched alkanes of at least 4 members (excludes halogenated alkanes) is 17. The molecule has 75 heavy (non-hydrogen) atoms. The molecule has 0 fully saturated rings. The third-order valence-electron chi connectivity index (χ3n) is 12.3. The molecule has 0 rings (SSSR count). The van der Waals surface area contributed by atoms with Gasteiger partial charge < -0.3 is 19.8 Å². The number of phosphoric acid groups is 1. The Bertz CT molecular complexity index is 1720. The Morgan fingerprint density at radius 3 is 1.23 bits per heavy atom. The number of likely N-dealkylation sites (N-methyl/N-ethyl adjacent to an activating group) is 1. The SMILES string of the molecule is CC/C=C\C/C=C\C/C=C\C/C=C\C/C=C\C/C=C\C/C=C\C/C=C\C/C=C\C/C=C\CCCCCCCCCCC(=O)NC(COP(=O)(O)OCC[N+](C)(C)C)C(O)/C=C/CC/C=C/CCCCCCCCCC. The number of hydrogen-bond acceptors (Lipinski definition) is 5. The van der Waals surface area contributed by atoms with E-state index in [1.807, 2.05) is 27.2 Å². The molecule has 0 aromatic heterocycles. The summed E-state index contributed by atoms with van der Waals surface area (Å²) in [4.78, 5) is 23.3. The molecular weight excluding hydrogens is 948 g/mol. The van der Waals surface area contributed by atoms with Crippen LogP contribution < -0.4 is 5.32 Å². The lowest BCUT2D eigenvalue weighted by Crippen LogP contribution is -2.45. The van der Waals surface area contributed by atoms with Gasteiger partial charge in [-0.3, -0.25) is 13.8 Å². The summed E-state index contributed by atoms with van der Waals surface area (Å²) in [6.07, 6.45) is 85.3. The van der Waals surface area contributed by atoms with Crippen LogP contribution in [-0.2, 0) is 18.4 Å². The first-order valence-corrected chi connectivity index (χ1v) is 31.2. The quantitative estimate of drug-likeness (QED) is 0.0243. The molecule has 3 atom stereocenters. The smallest absolute Gasteiger partial charge is 0.387 e. The first kappa shape index (κ1) is 71.4. The van der Waals surface area contributed by atoms with Crippen molar-refractivity contribution in [2.75, 3.05) is 40.9 Å². The highest BCUT2D eigenvalue weighted by Gasteiger charge is 2.27. The van der Waals surface area contributed by atoms with Crippen molar-refractivity contribution in [2.45, 2.75) is 225 Å². The fraction of sp³-hybridized carbons (Fsp3) is 0.621. The highest BCUT2D eigenvalue weighted by Crippen LogP contribution is 2.43. The van der Waals surface area contributed by atoms with Gasteiger partial charge in [0.05, 0.1) is 39.9 Å². The van der Waals surface area contributed by atoms with Crippen molar-refractivity contribution < 1.29 is 32.9 Å². The number of amides is 1. The van der Waals surface area contributed by atoms with E-state index < -0.39 is 20.0 Å². The molecule has 0 radical (unpaired) electrons. The molecule has 1 amide bonds. The van der Waals surface area contributed by atoms with Crippen LogP contribution in [0, 0.1) is 0 Å². The van der Waals surface area contributed by atoms with Crippen LogP contribution in [0.25, 0.3) is 0 Å². The Balaban J connectivity index is 4.17. The summed E-state index contributed by atoms with van der Waals surface area (Å²) in [5.74, 6) is -0.202. The zero-order valence-electron chi connectivity index (χ0n) is 48.5. The van der Waals surface area contributed by atoms with E-state index in [9.17, 15) is 19.4 Å². The molecule has 0 saturated heterocycles. The van der Waals surface area contributed by atoms with Crippen molar-refractivity contribution in [1.82, 2.24) is 5.32 Å². The molecule has 3 N–H and O–H groups in total. The zero-order valence-corrected chi connectivity index (χ0v) is 49.4. The van der Waals surface area contributed by atoms with E-state index in [1.54, 1.807) is 6.08 Å². The summed E-state index contributed by atoms with van der Waals surface area (Å²) in [5, 5.41) is 13.9. The highest BCUT2D eigenvalue weighted by molar-refractivity contribution is 7.47. The molecule has 0 spiro atoms. The molecule has 8 nitrogen and oxygen atoms in total. The number of aliphatic hydroxyl groups is 1. The number of allylic oxidation sites excluding steroid dienone is 23. The van der Waals surface area contributed by atoms with Crippen LogP contribution in [0.5, 0.6) is 0 Å². The lowest BCUT2D eigenvalue weighted by molar-refractivity contribution is -0.870. The number of hydrogen-bond donors (Lipinski definition) is 3. The summed E-state index contributed by atoms with van der Waals surface area (Å²) in [6, 6.07) is -0.878. The number of quaternary nitrogens is 1. The summed E-state index contributed by atoms with van der Waals surface area (Å²) in [7, 11) is 1.53. The molecule has 0 heterocycles. The largest absolute Gasteiger partial charge is 0.472 e. The summed E-state index contributed by atoms with van der Waals surface area (Å²) in [6.45, 7) is 4.64. The van der Waals surface area contributed by atoms with Gasteiger partial charge in [-0.25, -0.2) is 4.57 Å². The van der Waals surface area contributed by atoms with Gasteiger partial charge in [-0.1, -0.05) is 243 Å². The first-order valence-electron chi connectivity index (χ1n) is 29.7. The average Bonchev–Trinajstić information content (AvgIpc) is 3.37. The summed E-state index contributed by atoms with van der Waals surface area (Å²) in [5.41, 5.74) is 0. The van der Waals surface area contributed by atoms with Crippen molar-refractivity contribution in [3.05, 3.63) is 146 Å². The van der Waals surface area contributed by atoms with Gasteiger partial charge in [0.25, 0.3) is 0 Å². The summed E-state index contributed by atoms with van der Waals surface area (Å²) < 4.78 is 23.6. The Hall–Kier alpha value is -3.62. The van der Waals surface area contributed by atoms with E-state index in [0.717, 1.165) is 116 Å².